The zero-order chi connectivity index (χ0) is 31.1. The quantitative estimate of drug-likeness (QED) is 0.131. The molecular weight excluding hydrogens is 599 g/mol. The van der Waals surface area contributed by atoms with Crippen LogP contribution in [0.15, 0.2) is 107 Å². The highest BCUT2D eigenvalue weighted by molar-refractivity contribution is 8.00. The smallest absolute Gasteiger partial charge is 0.338 e. The van der Waals surface area contributed by atoms with E-state index in [0.29, 0.717) is 27.4 Å². The molecule has 0 radical (unpaired) electrons. The van der Waals surface area contributed by atoms with Gasteiger partial charge in [0.25, 0.3) is 11.8 Å². The van der Waals surface area contributed by atoms with Crippen molar-refractivity contribution in [3.63, 3.8) is 0 Å². The zero-order valence-electron chi connectivity index (χ0n) is 23.5. The third-order valence-corrected chi connectivity index (χ3v) is 8.47. The Kier molecular flexibility index (Phi) is 9.68. The number of anilines is 2. The fourth-order valence-corrected chi connectivity index (χ4v) is 6.17. The summed E-state index contributed by atoms with van der Waals surface area (Å²) in [5.74, 6) is -2.14. The number of amides is 4. The second-order valence-electron chi connectivity index (χ2n) is 9.52. The number of hydrogen-bond donors (Lipinski definition) is 2. The Morgan fingerprint density at radius 3 is 2.43 bits per heavy atom. The van der Waals surface area contributed by atoms with Crippen LogP contribution in [0, 0.1) is 0 Å². The number of nitrogens with one attached hydrogen (secondary N) is 2. The molecule has 9 nitrogen and oxygen atoms in total. The van der Waals surface area contributed by atoms with Crippen molar-refractivity contribution in [1.29, 1.82) is 0 Å². The molecular formula is C33H27N3O6S2. The Morgan fingerprint density at radius 2 is 1.73 bits per heavy atom. The maximum atomic E-state index is 13.3. The van der Waals surface area contributed by atoms with Gasteiger partial charge in [-0.25, -0.2) is 9.69 Å². The topological polar surface area (TPSA) is 122 Å². The van der Waals surface area contributed by atoms with Crippen LogP contribution in [0.3, 0.4) is 0 Å². The van der Waals surface area contributed by atoms with Gasteiger partial charge in [0.1, 0.15) is 5.70 Å². The normalized spacial score (nSPS) is 14.8. The van der Waals surface area contributed by atoms with Gasteiger partial charge in [0.2, 0.25) is 11.8 Å². The van der Waals surface area contributed by atoms with E-state index >= 15 is 0 Å². The highest BCUT2D eigenvalue weighted by atomic mass is 32.2. The van der Waals surface area contributed by atoms with Gasteiger partial charge in [-0.05, 0) is 79.0 Å². The summed E-state index contributed by atoms with van der Waals surface area (Å²) in [5, 5.41) is 6.74. The summed E-state index contributed by atoms with van der Waals surface area (Å²) in [6.45, 7) is 1.95. The molecule has 0 unspecified atom stereocenters. The molecule has 0 aliphatic carbocycles. The number of carbonyl (C=O) groups is 5. The van der Waals surface area contributed by atoms with Gasteiger partial charge in [0.15, 0.2) is 0 Å². The number of thiophene rings is 1. The number of thioether (sulfide) groups is 1. The summed E-state index contributed by atoms with van der Waals surface area (Å²) in [6.07, 6.45) is 1.61. The monoisotopic (exact) mass is 625 g/mol. The number of benzene rings is 3. The molecule has 2 N–H and O–H groups in total. The van der Waals surface area contributed by atoms with E-state index in [1.807, 2.05) is 17.5 Å². The van der Waals surface area contributed by atoms with Crippen LogP contribution in [0.25, 0.3) is 6.08 Å². The van der Waals surface area contributed by atoms with Crippen LogP contribution in [0.2, 0.25) is 0 Å². The molecule has 1 saturated heterocycles. The molecule has 1 aliphatic rings. The lowest BCUT2D eigenvalue weighted by molar-refractivity contribution is -0.121. The molecule has 1 aromatic heterocycles. The van der Waals surface area contributed by atoms with Gasteiger partial charge < -0.3 is 15.4 Å². The molecule has 3 aromatic carbocycles. The minimum Gasteiger partial charge on any atom is -0.462 e. The molecule has 1 aliphatic heterocycles. The van der Waals surface area contributed by atoms with Crippen molar-refractivity contribution < 1.29 is 28.7 Å². The van der Waals surface area contributed by atoms with E-state index in [1.165, 1.54) is 35.2 Å². The standard InChI is InChI=1S/C33H27N3O6S2/c1-2-42-33(41)22-13-15-24(16-14-22)36-29(37)20-28(32(36)40)44-26-11-6-10-23(18-26)34-31(39)27(19-25-12-7-17-43-25)35-30(38)21-8-4-3-5-9-21/h3-19,28H,2,20H2,1H3,(H,34,39)(H,35,38)/b27-19-/t28-/m0/s1. The highest BCUT2D eigenvalue weighted by Gasteiger charge is 2.40. The average molecular weight is 626 g/mol. The number of esters is 1. The van der Waals surface area contributed by atoms with Crippen molar-refractivity contribution in [3.8, 4) is 0 Å². The van der Waals surface area contributed by atoms with Gasteiger partial charge >= 0.3 is 5.97 Å². The Labute approximate surface area is 261 Å². The van der Waals surface area contributed by atoms with Crippen LogP contribution in [0.5, 0.6) is 0 Å². The fraction of sp³-hybridized carbons (Fsp3) is 0.121. The van der Waals surface area contributed by atoms with Crippen molar-refractivity contribution in [3.05, 3.63) is 118 Å². The van der Waals surface area contributed by atoms with Crippen LogP contribution in [0.4, 0.5) is 11.4 Å². The van der Waals surface area contributed by atoms with Crippen LogP contribution in [-0.2, 0) is 19.1 Å². The molecule has 2 heterocycles. The number of ether oxygens (including phenoxy) is 1. The van der Waals surface area contributed by atoms with Crippen LogP contribution >= 0.6 is 23.1 Å². The van der Waals surface area contributed by atoms with Crippen molar-refractivity contribution in [2.24, 2.45) is 0 Å². The molecule has 11 heteroatoms. The lowest BCUT2D eigenvalue weighted by Gasteiger charge is -2.15. The molecule has 4 aromatic rings. The van der Waals surface area contributed by atoms with Crippen molar-refractivity contribution in [1.82, 2.24) is 5.32 Å². The number of nitrogens with zero attached hydrogens (tertiary/aromatic N) is 1. The molecule has 1 atom stereocenters. The second kappa shape index (κ2) is 14.0. The fourth-order valence-electron chi connectivity index (χ4n) is 4.40. The number of rotatable bonds is 10. The maximum Gasteiger partial charge on any atom is 0.338 e. The van der Waals surface area contributed by atoms with Crippen molar-refractivity contribution in [2.45, 2.75) is 23.5 Å². The van der Waals surface area contributed by atoms with E-state index in [4.69, 9.17) is 4.74 Å². The molecule has 0 bridgehead atoms. The first-order valence-corrected chi connectivity index (χ1v) is 15.4. The zero-order valence-corrected chi connectivity index (χ0v) is 25.2. The molecule has 0 saturated carbocycles. The highest BCUT2D eigenvalue weighted by Crippen LogP contribution is 2.35. The lowest BCUT2D eigenvalue weighted by Crippen LogP contribution is -2.31. The molecule has 0 spiro atoms. The third kappa shape index (κ3) is 7.31. The first kappa shape index (κ1) is 30.5. The van der Waals surface area contributed by atoms with E-state index in [1.54, 1.807) is 79.7 Å². The largest absolute Gasteiger partial charge is 0.462 e. The van der Waals surface area contributed by atoms with Crippen LogP contribution in [-0.4, -0.2) is 41.5 Å². The van der Waals surface area contributed by atoms with E-state index < -0.39 is 23.0 Å². The third-order valence-electron chi connectivity index (χ3n) is 6.47. The molecule has 5 rings (SSSR count). The number of imide groups is 1. The number of carbonyl (C=O) groups excluding carboxylic acids is 5. The lowest BCUT2D eigenvalue weighted by atomic mass is 10.2. The van der Waals surface area contributed by atoms with E-state index in [2.05, 4.69) is 10.6 Å². The summed E-state index contributed by atoms with van der Waals surface area (Å²) in [5.41, 5.74) is 1.64. The summed E-state index contributed by atoms with van der Waals surface area (Å²) >= 11 is 2.64. The molecule has 1 fully saturated rings. The van der Waals surface area contributed by atoms with Gasteiger partial charge in [-0.3, -0.25) is 19.2 Å². The first-order valence-electron chi connectivity index (χ1n) is 13.7. The van der Waals surface area contributed by atoms with E-state index in [0.717, 1.165) is 9.78 Å². The Morgan fingerprint density at radius 1 is 0.955 bits per heavy atom. The minimum atomic E-state index is -0.669. The van der Waals surface area contributed by atoms with Gasteiger partial charge in [0, 0.05) is 27.4 Å². The predicted octanol–water partition coefficient (Wildman–Crippen LogP) is 5.76. The summed E-state index contributed by atoms with van der Waals surface area (Å²) < 4.78 is 4.99. The van der Waals surface area contributed by atoms with Crippen molar-refractivity contribution in [2.75, 3.05) is 16.8 Å². The number of hydrogen-bond acceptors (Lipinski definition) is 8. The minimum absolute atomic E-state index is 0.00106. The summed E-state index contributed by atoms with van der Waals surface area (Å²) in [7, 11) is 0. The second-order valence-corrected chi connectivity index (χ2v) is 11.8. The van der Waals surface area contributed by atoms with Crippen molar-refractivity contribution >= 4 is 70.1 Å². The predicted molar refractivity (Wildman–Crippen MR) is 170 cm³/mol. The maximum absolute atomic E-state index is 13.3. The van der Waals surface area contributed by atoms with Gasteiger partial charge in [-0.15, -0.1) is 23.1 Å². The Hall–Kier alpha value is -5.00. The van der Waals surface area contributed by atoms with Crippen LogP contribution in [0.1, 0.15) is 38.9 Å². The van der Waals surface area contributed by atoms with E-state index in [-0.39, 0.29) is 30.5 Å². The van der Waals surface area contributed by atoms with Gasteiger partial charge in [-0.1, -0.05) is 30.3 Å². The Balaban J connectivity index is 1.27. The summed E-state index contributed by atoms with van der Waals surface area (Å²) in [4.78, 5) is 66.8. The average Bonchev–Trinajstić information content (AvgIpc) is 3.64. The summed E-state index contributed by atoms with van der Waals surface area (Å²) in [6, 6.07) is 25.3. The molecule has 4 amide bonds. The molecule has 222 valence electrons. The van der Waals surface area contributed by atoms with Crippen LogP contribution < -0.4 is 15.5 Å². The SMILES string of the molecule is CCOC(=O)c1ccc(N2C(=O)C[C@H](Sc3cccc(NC(=O)/C(=C/c4cccs4)NC(=O)c4ccccc4)c3)C2=O)cc1. The molecule has 44 heavy (non-hydrogen) atoms. The first-order chi connectivity index (χ1) is 21.3. The van der Waals surface area contributed by atoms with Gasteiger partial charge in [0.05, 0.1) is 23.1 Å². The van der Waals surface area contributed by atoms with E-state index in [9.17, 15) is 24.0 Å². The van der Waals surface area contributed by atoms with Gasteiger partial charge in [-0.2, -0.15) is 0 Å². The Bertz CT molecular complexity index is 1720.